The molecule has 3 rings (SSSR count). The van der Waals surface area contributed by atoms with Gasteiger partial charge in [0.2, 0.25) is 11.8 Å². The highest BCUT2D eigenvalue weighted by atomic mass is 79.9. The van der Waals surface area contributed by atoms with Crippen LogP contribution in [0.5, 0.6) is 5.75 Å². The Morgan fingerprint density at radius 1 is 1.19 bits per heavy atom. The van der Waals surface area contributed by atoms with E-state index in [9.17, 15) is 9.59 Å². The predicted octanol–water partition coefficient (Wildman–Crippen LogP) is 3.56. The molecule has 0 aliphatic carbocycles. The molecule has 1 N–H and O–H groups in total. The number of methoxy groups -OCH3 is 1. The molecule has 0 unspecified atom stereocenters. The van der Waals surface area contributed by atoms with Crippen LogP contribution in [0, 0.1) is 0 Å². The van der Waals surface area contributed by atoms with Gasteiger partial charge in [-0.05, 0) is 30.3 Å². The standard InChI is InChI=1S/C18H14BrN3O4S/c1-25-14-8-3-2-7-13(14)16(24)20-15(23)10-27-18-22-21-17(26-18)11-5-4-6-12(19)9-11/h2-9H,10H2,1H3,(H,20,23,24). The number of hydrogen-bond acceptors (Lipinski definition) is 7. The highest BCUT2D eigenvalue weighted by Crippen LogP contribution is 2.25. The lowest BCUT2D eigenvalue weighted by atomic mass is 10.2. The molecule has 0 aliphatic heterocycles. The Hall–Kier alpha value is -2.65. The van der Waals surface area contributed by atoms with Gasteiger partial charge in [-0.2, -0.15) is 0 Å². The molecule has 9 heteroatoms. The van der Waals surface area contributed by atoms with Gasteiger partial charge in [0.05, 0.1) is 18.4 Å². The maximum Gasteiger partial charge on any atom is 0.277 e. The Labute approximate surface area is 167 Å². The molecule has 0 saturated carbocycles. The number of rotatable bonds is 6. The first-order valence-electron chi connectivity index (χ1n) is 7.76. The van der Waals surface area contributed by atoms with E-state index in [0.29, 0.717) is 11.6 Å². The number of halogens is 1. The zero-order chi connectivity index (χ0) is 19.2. The molecule has 0 aliphatic rings. The Morgan fingerprint density at radius 3 is 2.78 bits per heavy atom. The van der Waals surface area contributed by atoms with E-state index in [1.54, 1.807) is 24.3 Å². The summed E-state index contributed by atoms with van der Waals surface area (Å²) < 4.78 is 11.5. The number of nitrogens with zero attached hydrogens (tertiary/aromatic N) is 2. The number of carbonyl (C=O) groups is 2. The monoisotopic (exact) mass is 447 g/mol. The number of thioether (sulfide) groups is 1. The second kappa shape index (κ2) is 8.83. The highest BCUT2D eigenvalue weighted by Gasteiger charge is 2.16. The average Bonchev–Trinajstić information content (AvgIpc) is 3.15. The lowest BCUT2D eigenvalue weighted by Gasteiger charge is -2.07. The average molecular weight is 448 g/mol. The number of carbonyl (C=O) groups excluding carboxylic acids is 2. The lowest BCUT2D eigenvalue weighted by Crippen LogP contribution is -2.32. The smallest absolute Gasteiger partial charge is 0.277 e. The number of nitrogens with one attached hydrogen (secondary N) is 1. The Balaban J connectivity index is 1.57. The maximum absolute atomic E-state index is 12.2. The molecule has 1 heterocycles. The SMILES string of the molecule is COc1ccccc1C(=O)NC(=O)CSc1nnc(-c2cccc(Br)c2)o1. The summed E-state index contributed by atoms with van der Waals surface area (Å²) in [5.41, 5.74) is 1.05. The van der Waals surface area contributed by atoms with Gasteiger partial charge in [0, 0.05) is 10.0 Å². The number of para-hydroxylation sites is 1. The predicted molar refractivity (Wildman–Crippen MR) is 104 cm³/mol. The molecule has 0 fully saturated rings. The molecule has 7 nitrogen and oxygen atoms in total. The summed E-state index contributed by atoms with van der Waals surface area (Å²) in [6, 6.07) is 14.1. The van der Waals surface area contributed by atoms with Gasteiger partial charge in [-0.15, -0.1) is 10.2 Å². The van der Waals surface area contributed by atoms with Crippen LogP contribution in [0.15, 0.2) is 62.6 Å². The van der Waals surface area contributed by atoms with Crippen molar-refractivity contribution >= 4 is 39.5 Å². The summed E-state index contributed by atoms with van der Waals surface area (Å²) in [4.78, 5) is 24.2. The molecular weight excluding hydrogens is 434 g/mol. The summed E-state index contributed by atoms with van der Waals surface area (Å²) in [5.74, 6) is -0.298. The summed E-state index contributed by atoms with van der Waals surface area (Å²) in [6.45, 7) is 0. The van der Waals surface area contributed by atoms with Gasteiger partial charge in [0.25, 0.3) is 11.1 Å². The summed E-state index contributed by atoms with van der Waals surface area (Å²) in [5, 5.41) is 10.4. The summed E-state index contributed by atoms with van der Waals surface area (Å²) in [7, 11) is 1.46. The van der Waals surface area contributed by atoms with Crippen molar-refractivity contribution < 1.29 is 18.7 Å². The second-order valence-electron chi connectivity index (χ2n) is 5.25. The Kier molecular flexibility index (Phi) is 6.25. The van der Waals surface area contributed by atoms with Crippen LogP contribution in [0.2, 0.25) is 0 Å². The molecule has 3 aromatic rings. The van der Waals surface area contributed by atoms with Gasteiger partial charge in [-0.25, -0.2) is 0 Å². The number of ether oxygens (including phenoxy) is 1. The first-order valence-corrected chi connectivity index (χ1v) is 9.54. The quantitative estimate of drug-likeness (QED) is 0.577. The third-order valence-electron chi connectivity index (χ3n) is 3.41. The number of benzene rings is 2. The van der Waals surface area contributed by atoms with Crippen molar-refractivity contribution in [3.05, 3.63) is 58.6 Å². The van der Waals surface area contributed by atoms with E-state index in [1.807, 2.05) is 24.3 Å². The van der Waals surface area contributed by atoms with Crippen molar-refractivity contribution in [2.45, 2.75) is 5.22 Å². The van der Waals surface area contributed by atoms with Gasteiger partial charge in [-0.1, -0.05) is 45.9 Å². The van der Waals surface area contributed by atoms with Crippen LogP contribution in [0.25, 0.3) is 11.5 Å². The van der Waals surface area contributed by atoms with Crippen LogP contribution < -0.4 is 10.1 Å². The van der Waals surface area contributed by atoms with Crippen LogP contribution in [0.4, 0.5) is 0 Å². The summed E-state index contributed by atoms with van der Waals surface area (Å²) in [6.07, 6.45) is 0. The molecule has 0 atom stereocenters. The number of imide groups is 1. The molecule has 1 aromatic heterocycles. The molecule has 138 valence electrons. The van der Waals surface area contributed by atoms with E-state index in [4.69, 9.17) is 9.15 Å². The van der Waals surface area contributed by atoms with Crippen LogP contribution in [-0.4, -0.2) is 34.9 Å². The molecule has 27 heavy (non-hydrogen) atoms. The lowest BCUT2D eigenvalue weighted by molar-refractivity contribution is -0.117. The van der Waals surface area contributed by atoms with Gasteiger partial charge in [0.15, 0.2) is 0 Å². The Morgan fingerprint density at radius 2 is 2.00 bits per heavy atom. The minimum atomic E-state index is -0.529. The third kappa shape index (κ3) is 4.95. The fourth-order valence-electron chi connectivity index (χ4n) is 2.20. The van der Waals surface area contributed by atoms with E-state index in [1.165, 1.54) is 7.11 Å². The molecule has 0 bridgehead atoms. The molecular formula is C18H14BrN3O4S. The molecule has 0 spiro atoms. The van der Waals surface area contributed by atoms with Gasteiger partial charge in [-0.3, -0.25) is 14.9 Å². The van der Waals surface area contributed by atoms with E-state index < -0.39 is 11.8 Å². The maximum atomic E-state index is 12.2. The molecule has 0 radical (unpaired) electrons. The zero-order valence-electron chi connectivity index (χ0n) is 14.1. The van der Waals surface area contributed by atoms with Crippen molar-refractivity contribution in [1.82, 2.24) is 15.5 Å². The molecule has 0 saturated heterocycles. The molecule has 2 aromatic carbocycles. The normalized spacial score (nSPS) is 10.4. The number of hydrogen-bond donors (Lipinski definition) is 1. The largest absolute Gasteiger partial charge is 0.496 e. The third-order valence-corrected chi connectivity index (χ3v) is 4.72. The zero-order valence-corrected chi connectivity index (χ0v) is 16.5. The first-order chi connectivity index (χ1) is 13.1. The second-order valence-corrected chi connectivity index (χ2v) is 7.09. The van der Waals surface area contributed by atoms with Crippen molar-refractivity contribution in [2.75, 3.05) is 12.9 Å². The minimum absolute atomic E-state index is 0.0407. The van der Waals surface area contributed by atoms with Crippen molar-refractivity contribution in [3.63, 3.8) is 0 Å². The van der Waals surface area contributed by atoms with Crippen LogP contribution in [-0.2, 0) is 4.79 Å². The highest BCUT2D eigenvalue weighted by molar-refractivity contribution is 9.10. The van der Waals surface area contributed by atoms with E-state index in [-0.39, 0.29) is 16.5 Å². The van der Waals surface area contributed by atoms with Gasteiger partial charge >= 0.3 is 0 Å². The number of aromatic nitrogens is 2. The van der Waals surface area contributed by atoms with Crippen molar-refractivity contribution in [2.24, 2.45) is 0 Å². The van der Waals surface area contributed by atoms with Crippen LogP contribution >= 0.6 is 27.7 Å². The van der Waals surface area contributed by atoms with Gasteiger partial charge < -0.3 is 9.15 Å². The Bertz CT molecular complexity index is 977. The first kappa shape index (κ1) is 19.1. The van der Waals surface area contributed by atoms with E-state index in [0.717, 1.165) is 21.8 Å². The molecule has 2 amide bonds. The van der Waals surface area contributed by atoms with Gasteiger partial charge in [0.1, 0.15) is 5.75 Å². The van der Waals surface area contributed by atoms with Crippen molar-refractivity contribution in [3.8, 4) is 17.2 Å². The van der Waals surface area contributed by atoms with Crippen LogP contribution in [0.3, 0.4) is 0 Å². The fraction of sp³-hybridized carbons (Fsp3) is 0.111. The number of amides is 2. The van der Waals surface area contributed by atoms with Crippen molar-refractivity contribution in [1.29, 1.82) is 0 Å². The van der Waals surface area contributed by atoms with E-state index in [2.05, 4.69) is 31.4 Å². The topological polar surface area (TPSA) is 94.3 Å². The summed E-state index contributed by atoms with van der Waals surface area (Å²) >= 11 is 4.43. The minimum Gasteiger partial charge on any atom is -0.496 e. The van der Waals surface area contributed by atoms with E-state index >= 15 is 0 Å². The van der Waals surface area contributed by atoms with Crippen LogP contribution in [0.1, 0.15) is 10.4 Å². The fourth-order valence-corrected chi connectivity index (χ4v) is 3.16.